The normalized spacial score (nSPS) is 20.7. The summed E-state index contributed by atoms with van der Waals surface area (Å²) in [7, 11) is 2.02. The van der Waals surface area contributed by atoms with Crippen molar-refractivity contribution in [2.24, 2.45) is 0 Å². The van der Waals surface area contributed by atoms with Crippen molar-refractivity contribution < 1.29 is 4.74 Å². The average Bonchev–Trinajstić information content (AvgIpc) is 2.83. The molecule has 0 bridgehead atoms. The fourth-order valence-corrected chi connectivity index (χ4v) is 3.41. The number of rotatable bonds is 7. The molecule has 0 aliphatic carbocycles. The second kappa shape index (κ2) is 8.16. The second-order valence-corrected chi connectivity index (χ2v) is 6.17. The Morgan fingerprint density at radius 3 is 2.81 bits per heavy atom. The minimum absolute atomic E-state index is 0.386. The van der Waals surface area contributed by atoms with Gasteiger partial charge in [-0.1, -0.05) is 18.5 Å². The number of aromatic nitrogens is 2. The predicted molar refractivity (Wildman–Crippen MR) is 87.0 cm³/mol. The highest BCUT2D eigenvalue weighted by Crippen LogP contribution is 2.25. The van der Waals surface area contributed by atoms with Crippen LogP contribution in [0.1, 0.15) is 50.9 Å². The van der Waals surface area contributed by atoms with Crippen molar-refractivity contribution in [2.75, 3.05) is 13.7 Å². The molecule has 1 aromatic rings. The Labute approximate surface area is 133 Å². The maximum Gasteiger partial charge on any atom is 0.0850 e. The Bertz CT molecular complexity index is 441. The van der Waals surface area contributed by atoms with Crippen LogP contribution in [0.3, 0.4) is 0 Å². The van der Waals surface area contributed by atoms with Crippen molar-refractivity contribution in [3.8, 4) is 0 Å². The van der Waals surface area contributed by atoms with Gasteiger partial charge in [0.1, 0.15) is 0 Å². The van der Waals surface area contributed by atoms with Crippen molar-refractivity contribution in [1.29, 1.82) is 0 Å². The SMILES string of the molecule is CCc1nn(CC)c(CC(CC2CCCCO2)NC)c1Cl. The van der Waals surface area contributed by atoms with Gasteiger partial charge >= 0.3 is 0 Å². The number of halogens is 1. The van der Waals surface area contributed by atoms with E-state index in [1.54, 1.807) is 0 Å². The first kappa shape index (κ1) is 16.8. The lowest BCUT2D eigenvalue weighted by Crippen LogP contribution is -2.34. The molecule has 5 heteroatoms. The van der Waals surface area contributed by atoms with E-state index in [-0.39, 0.29) is 0 Å². The molecule has 21 heavy (non-hydrogen) atoms. The summed E-state index contributed by atoms with van der Waals surface area (Å²) in [5.74, 6) is 0. The molecular formula is C16H28ClN3O. The lowest BCUT2D eigenvalue weighted by atomic mass is 9.98. The van der Waals surface area contributed by atoms with Crippen LogP contribution in [0.25, 0.3) is 0 Å². The molecule has 0 radical (unpaired) electrons. The highest BCUT2D eigenvalue weighted by Gasteiger charge is 2.22. The molecule has 1 fully saturated rings. The highest BCUT2D eigenvalue weighted by atomic mass is 35.5. The van der Waals surface area contributed by atoms with Gasteiger partial charge < -0.3 is 10.1 Å². The molecule has 1 aromatic heterocycles. The third-order valence-corrected chi connectivity index (χ3v) is 4.80. The highest BCUT2D eigenvalue weighted by molar-refractivity contribution is 6.31. The van der Waals surface area contributed by atoms with Crippen LogP contribution >= 0.6 is 11.6 Å². The molecule has 1 N–H and O–H groups in total. The minimum Gasteiger partial charge on any atom is -0.378 e. The Balaban J connectivity index is 2.05. The number of likely N-dealkylation sites (N-methyl/N-ethyl adjacent to an activating group) is 1. The van der Waals surface area contributed by atoms with Crippen LogP contribution in [0, 0.1) is 0 Å². The van der Waals surface area contributed by atoms with Gasteiger partial charge in [0, 0.05) is 25.6 Å². The van der Waals surface area contributed by atoms with Crippen molar-refractivity contribution in [3.63, 3.8) is 0 Å². The molecule has 1 aliphatic heterocycles. The van der Waals surface area contributed by atoms with Gasteiger partial charge in [-0.3, -0.25) is 4.68 Å². The summed E-state index contributed by atoms with van der Waals surface area (Å²) in [5.41, 5.74) is 2.17. The van der Waals surface area contributed by atoms with Gasteiger partial charge in [-0.05, 0) is 46.1 Å². The van der Waals surface area contributed by atoms with Crippen LogP contribution in [0.4, 0.5) is 0 Å². The largest absolute Gasteiger partial charge is 0.378 e. The molecule has 0 amide bonds. The number of hydrogen-bond donors (Lipinski definition) is 1. The molecule has 0 aromatic carbocycles. The fourth-order valence-electron chi connectivity index (χ4n) is 3.06. The van der Waals surface area contributed by atoms with Gasteiger partial charge in [0.25, 0.3) is 0 Å². The summed E-state index contributed by atoms with van der Waals surface area (Å²) < 4.78 is 7.91. The van der Waals surface area contributed by atoms with E-state index in [2.05, 4.69) is 24.3 Å². The zero-order valence-corrected chi connectivity index (χ0v) is 14.2. The molecule has 4 nitrogen and oxygen atoms in total. The Hall–Kier alpha value is -0.580. The molecular weight excluding hydrogens is 286 g/mol. The summed E-state index contributed by atoms with van der Waals surface area (Å²) in [4.78, 5) is 0. The van der Waals surface area contributed by atoms with Gasteiger partial charge in [-0.2, -0.15) is 5.10 Å². The van der Waals surface area contributed by atoms with Gasteiger partial charge in [-0.15, -0.1) is 0 Å². The monoisotopic (exact) mass is 313 g/mol. The Morgan fingerprint density at radius 1 is 1.43 bits per heavy atom. The molecule has 1 aliphatic rings. The summed E-state index contributed by atoms with van der Waals surface area (Å²) in [6, 6.07) is 0.386. The number of hydrogen-bond acceptors (Lipinski definition) is 3. The molecule has 2 heterocycles. The zero-order chi connectivity index (χ0) is 15.2. The summed E-state index contributed by atoms with van der Waals surface area (Å²) >= 11 is 6.51. The number of nitrogens with one attached hydrogen (secondary N) is 1. The summed E-state index contributed by atoms with van der Waals surface area (Å²) in [5, 5.41) is 8.88. The molecule has 120 valence electrons. The average molecular weight is 314 g/mol. The van der Waals surface area contributed by atoms with E-state index in [1.165, 1.54) is 19.3 Å². The molecule has 0 spiro atoms. The lowest BCUT2D eigenvalue weighted by molar-refractivity contribution is 0.00558. The quantitative estimate of drug-likeness (QED) is 0.840. The Morgan fingerprint density at radius 2 is 2.24 bits per heavy atom. The first-order chi connectivity index (χ1) is 10.2. The lowest BCUT2D eigenvalue weighted by Gasteiger charge is -2.27. The second-order valence-electron chi connectivity index (χ2n) is 5.79. The fraction of sp³-hybridized carbons (Fsp3) is 0.812. The van der Waals surface area contributed by atoms with E-state index in [9.17, 15) is 0 Å². The van der Waals surface area contributed by atoms with E-state index in [0.717, 1.165) is 48.8 Å². The van der Waals surface area contributed by atoms with Crippen LogP contribution in [0.15, 0.2) is 0 Å². The third kappa shape index (κ3) is 4.21. The Kier molecular flexibility index (Phi) is 6.52. The molecule has 2 unspecified atom stereocenters. The molecule has 0 saturated carbocycles. The number of aryl methyl sites for hydroxylation is 2. The van der Waals surface area contributed by atoms with Crippen molar-refractivity contribution >= 4 is 11.6 Å². The van der Waals surface area contributed by atoms with E-state index in [4.69, 9.17) is 16.3 Å². The molecule has 1 saturated heterocycles. The van der Waals surface area contributed by atoms with Crippen molar-refractivity contribution in [3.05, 3.63) is 16.4 Å². The smallest absolute Gasteiger partial charge is 0.0850 e. The van der Waals surface area contributed by atoms with Gasteiger partial charge in [0.15, 0.2) is 0 Å². The summed E-state index contributed by atoms with van der Waals surface area (Å²) in [6.07, 6.45) is 6.90. The number of nitrogens with zero attached hydrogens (tertiary/aromatic N) is 2. The zero-order valence-electron chi connectivity index (χ0n) is 13.5. The van der Waals surface area contributed by atoms with E-state index < -0.39 is 0 Å². The van der Waals surface area contributed by atoms with Crippen molar-refractivity contribution in [1.82, 2.24) is 15.1 Å². The van der Waals surface area contributed by atoms with Crippen LogP contribution in [-0.2, 0) is 24.1 Å². The van der Waals surface area contributed by atoms with Crippen LogP contribution in [0.5, 0.6) is 0 Å². The van der Waals surface area contributed by atoms with Crippen LogP contribution in [-0.4, -0.2) is 35.6 Å². The number of ether oxygens (including phenoxy) is 1. The van der Waals surface area contributed by atoms with Gasteiger partial charge in [0.2, 0.25) is 0 Å². The molecule has 2 rings (SSSR count). The first-order valence-electron chi connectivity index (χ1n) is 8.22. The van der Waals surface area contributed by atoms with E-state index in [1.807, 2.05) is 11.7 Å². The minimum atomic E-state index is 0.386. The van der Waals surface area contributed by atoms with Gasteiger partial charge in [-0.25, -0.2) is 0 Å². The third-order valence-electron chi connectivity index (χ3n) is 4.36. The van der Waals surface area contributed by atoms with Crippen molar-refractivity contribution in [2.45, 2.75) is 71.1 Å². The summed E-state index contributed by atoms with van der Waals surface area (Å²) in [6.45, 7) is 5.99. The standard InChI is InChI=1S/C16H28ClN3O/c1-4-14-16(17)15(20(5-2)19-14)11-12(18-3)10-13-8-6-7-9-21-13/h12-13,18H,4-11H2,1-3H3. The molecule has 2 atom stereocenters. The first-order valence-corrected chi connectivity index (χ1v) is 8.60. The van der Waals surface area contributed by atoms with Crippen LogP contribution in [0.2, 0.25) is 5.02 Å². The maximum absolute atomic E-state index is 6.51. The van der Waals surface area contributed by atoms with E-state index >= 15 is 0 Å². The topological polar surface area (TPSA) is 39.1 Å². The van der Waals surface area contributed by atoms with Crippen LogP contribution < -0.4 is 5.32 Å². The van der Waals surface area contributed by atoms with Gasteiger partial charge in [0.05, 0.1) is 22.5 Å². The maximum atomic E-state index is 6.51. The van der Waals surface area contributed by atoms with E-state index in [0.29, 0.717) is 12.1 Å². The predicted octanol–water partition coefficient (Wildman–Crippen LogP) is 3.21.